The molecule has 0 aliphatic heterocycles. The molecule has 92 valence electrons. The van der Waals surface area contributed by atoms with Crippen LogP contribution in [0.3, 0.4) is 0 Å². The molecule has 0 fully saturated rings. The summed E-state index contributed by atoms with van der Waals surface area (Å²) in [5.41, 5.74) is 0.942. The van der Waals surface area contributed by atoms with Crippen LogP contribution in [-0.2, 0) is 4.74 Å². The lowest BCUT2D eigenvalue weighted by Gasteiger charge is -2.18. The Kier molecular flexibility index (Phi) is 5.44. The lowest BCUT2D eigenvalue weighted by atomic mass is 10.1. The Morgan fingerprint density at radius 3 is 2.82 bits per heavy atom. The Labute approximate surface area is 101 Å². The first-order valence-corrected chi connectivity index (χ1v) is 5.65. The van der Waals surface area contributed by atoms with Gasteiger partial charge in [0.1, 0.15) is 5.82 Å². The second-order valence-electron chi connectivity index (χ2n) is 3.93. The SMILES string of the molecule is CCCC(COC)Nc1cc(F)cc(C#N)c1. The molecule has 1 rings (SSSR count). The number of halogens is 1. The smallest absolute Gasteiger partial charge is 0.126 e. The van der Waals surface area contributed by atoms with Crippen LogP contribution in [0.15, 0.2) is 18.2 Å². The average Bonchev–Trinajstić information content (AvgIpc) is 2.29. The fraction of sp³-hybridized carbons (Fsp3) is 0.462. The number of hydrogen-bond acceptors (Lipinski definition) is 3. The first kappa shape index (κ1) is 13.5. The van der Waals surface area contributed by atoms with Crippen molar-refractivity contribution in [2.45, 2.75) is 25.8 Å². The fourth-order valence-corrected chi connectivity index (χ4v) is 1.72. The third kappa shape index (κ3) is 4.41. The van der Waals surface area contributed by atoms with E-state index < -0.39 is 5.82 Å². The van der Waals surface area contributed by atoms with Crippen LogP contribution < -0.4 is 5.32 Å². The molecule has 1 unspecified atom stereocenters. The van der Waals surface area contributed by atoms with Gasteiger partial charge in [-0.05, 0) is 24.6 Å². The summed E-state index contributed by atoms with van der Waals surface area (Å²) >= 11 is 0. The second kappa shape index (κ2) is 6.87. The molecule has 3 nitrogen and oxygen atoms in total. The third-order valence-electron chi connectivity index (χ3n) is 2.40. The number of benzene rings is 1. The van der Waals surface area contributed by atoms with E-state index >= 15 is 0 Å². The molecule has 1 N–H and O–H groups in total. The maximum Gasteiger partial charge on any atom is 0.126 e. The summed E-state index contributed by atoms with van der Waals surface area (Å²) in [6.07, 6.45) is 1.95. The first-order valence-electron chi connectivity index (χ1n) is 5.65. The van der Waals surface area contributed by atoms with Crippen LogP contribution in [0.25, 0.3) is 0 Å². The van der Waals surface area contributed by atoms with Crippen LogP contribution in [0.2, 0.25) is 0 Å². The molecule has 1 aromatic rings. The van der Waals surface area contributed by atoms with Crippen LogP contribution in [0.5, 0.6) is 0 Å². The van der Waals surface area contributed by atoms with E-state index in [0.717, 1.165) is 12.8 Å². The van der Waals surface area contributed by atoms with Gasteiger partial charge < -0.3 is 10.1 Å². The van der Waals surface area contributed by atoms with E-state index in [2.05, 4.69) is 12.2 Å². The monoisotopic (exact) mass is 236 g/mol. The standard InChI is InChI=1S/C13H17FN2O/c1-3-4-12(9-17-2)16-13-6-10(8-15)5-11(14)7-13/h5-7,12,16H,3-4,9H2,1-2H3. The van der Waals surface area contributed by atoms with E-state index in [1.54, 1.807) is 13.2 Å². The number of nitrogens with zero attached hydrogens (tertiary/aromatic N) is 1. The van der Waals surface area contributed by atoms with E-state index in [1.165, 1.54) is 12.1 Å². The highest BCUT2D eigenvalue weighted by Crippen LogP contribution is 2.16. The highest BCUT2D eigenvalue weighted by Gasteiger charge is 2.08. The molecule has 0 aromatic heterocycles. The summed E-state index contributed by atoms with van der Waals surface area (Å²) in [7, 11) is 1.64. The van der Waals surface area contributed by atoms with Crippen LogP contribution in [0, 0.1) is 17.1 Å². The number of nitriles is 1. The lowest BCUT2D eigenvalue weighted by molar-refractivity contribution is 0.182. The van der Waals surface area contributed by atoms with Gasteiger partial charge >= 0.3 is 0 Å². The average molecular weight is 236 g/mol. The molecule has 0 radical (unpaired) electrons. The number of anilines is 1. The van der Waals surface area contributed by atoms with Gasteiger partial charge in [-0.25, -0.2) is 4.39 Å². The van der Waals surface area contributed by atoms with Gasteiger partial charge in [-0.2, -0.15) is 5.26 Å². The van der Waals surface area contributed by atoms with Gasteiger partial charge in [-0.15, -0.1) is 0 Å². The number of ether oxygens (including phenoxy) is 1. The molecule has 1 aromatic carbocycles. The number of nitrogens with one attached hydrogen (secondary N) is 1. The van der Waals surface area contributed by atoms with Crippen molar-refractivity contribution in [2.24, 2.45) is 0 Å². The van der Waals surface area contributed by atoms with Crippen molar-refractivity contribution in [3.05, 3.63) is 29.6 Å². The molecule has 0 amide bonds. The third-order valence-corrected chi connectivity index (χ3v) is 2.40. The molecule has 0 saturated carbocycles. The molecule has 17 heavy (non-hydrogen) atoms. The van der Waals surface area contributed by atoms with Crippen molar-refractivity contribution in [1.29, 1.82) is 5.26 Å². The lowest BCUT2D eigenvalue weighted by Crippen LogP contribution is -2.24. The van der Waals surface area contributed by atoms with E-state index in [1.807, 2.05) is 6.07 Å². The topological polar surface area (TPSA) is 45.0 Å². The Bertz CT molecular complexity index is 395. The highest BCUT2D eigenvalue weighted by molar-refractivity contribution is 5.50. The summed E-state index contributed by atoms with van der Waals surface area (Å²) in [6, 6.07) is 6.32. The predicted molar refractivity (Wildman–Crippen MR) is 65.3 cm³/mol. The van der Waals surface area contributed by atoms with Crippen molar-refractivity contribution in [3.63, 3.8) is 0 Å². The zero-order valence-electron chi connectivity index (χ0n) is 10.2. The van der Waals surface area contributed by atoms with Crippen LogP contribution in [-0.4, -0.2) is 19.8 Å². The van der Waals surface area contributed by atoms with Crippen molar-refractivity contribution < 1.29 is 9.13 Å². The van der Waals surface area contributed by atoms with E-state index in [0.29, 0.717) is 17.9 Å². The molecule has 0 heterocycles. The Balaban J connectivity index is 2.78. The number of rotatable bonds is 6. The van der Waals surface area contributed by atoms with E-state index in [9.17, 15) is 4.39 Å². The van der Waals surface area contributed by atoms with Crippen LogP contribution >= 0.6 is 0 Å². The van der Waals surface area contributed by atoms with Gasteiger partial charge in [0.15, 0.2) is 0 Å². The zero-order valence-corrected chi connectivity index (χ0v) is 10.2. The Morgan fingerprint density at radius 2 is 2.24 bits per heavy atom. The molecule has 0 bridgehead atoms. The van der Waals surface area contributed by atoms with Gasteiger partial charge in [0.2, 0.25) is 0 Å². The minimum Gasteiger partial charge on any atom is -0.383 e. The Morgan fingerprint density at radius 1 is 1.47 bits per heavy atom. The highest BCUT2D eigenvalue weighted by atomic mass is 19.1. The normalized spacial score (nSPS) is 11.9. The number of hydrogen-bond donors (Lipinski definition) is 1. The Hall–Kier alpha value is -1.60. The van der Waals surface area contributed by atoms with Crippen LogP contribution in [0.1, 0.15) is 25.3 Å². The van der Waals surface area contributed by atoms with E-state index in [4.69, 9.17) is 10.00 Å². The molecular formula is C13H17FN2O. The summed E-state index contributed by atoms with van der Waals surface area (Å²) < 4.78 is 18.3. The number of methoxy groups -OCH3 is 1. The molecule has 0 aliphatic carbocycles. The maximum atomic E-state index is 13.2. The molecule has 4 heteroatoms. The summed E-state index contributed by atoms with van der Waals surface area (Å²) in [4.78, 5) is 0. The van der Waals surface area contributed by atoms with Gasteiger partial charge in [-0.3, -0.25) is 0 Å². The second-order valence-corrected chi connectivity index (χ2v) is 3.93. The van der Waals surface area contributed by atoms with Gasteiger partial charge in [-0.1, -0.05) is 13.3 Å². The maximum absolute atomic E-state index is 13.2. The van der Waals surface area contributed by atoms with Crippen molar-refractivity contribution in [1.82, 2.24) is 0 Å². The summed E-state index contributed by atoms with van der Waals surface area (Å²) in [5.74, 6) is -0.404. The predicted octanol–water partition coefficient (Wildman–Crippen LogP) is 2.92. The van der Waals surface area contributed by atoms with Crippen molar-refractivity contribution >= 4 is 5.69 Å². The molecule has 0 spiro atoms. The zero-order chi connectivity index (χ0) is 12.7. The van der Waals surface area contributed by atoms with Gasteiger partial charge in [0, 0.05) is 18.8 Å². The minimum atomic E-state index is -0.404. The first-order chi connectivity index (χ1) is 8.19. The van der Waals surface area contributed by atoms with Gasteiger partial charge in [0.25, 0.3) is 0 Å². The fourth-order valence-electron chi connectivity index (χ4n) is 1.72. The minimum absolute atomic E-state index is 0.137. The molecular weight excluding hydrogens is 219 g/mol. The van der Waals surface area contributed by atoms with Crippen molar-refractivity contribution in [2.75, 3.05) is 19.0 Å². The van der Waals surface area contributed by atoms with Crippen LogP contribution in [0.4, 0.5) is 10.1 Å². The quantitative estimate of drug-likeness (QED) is 0.826. The molecule has 0 aliphatic rings. The molecule has 1 atom stereocenters. The molecule has 0 saturated heterocycles. The largest absolute Gasteiger partial charge is 0.383 e. The van der Waals surface area contributed by atoms with E-state index in [-0.39, 0.29) is 6.04 Å². The summed E-state index contributed by atoms with van der Waals surface area (Å²) in [6.45, 7) is 2.64. The van der Waals surface area contributed by atoms with Crippen molar-refractivity contribution in [3.8, 4) is 6.07 Å². The summed E-state index contributed by atoms with van der Waals surface area (Å²) in [5, 5.41) is 11.9. The van der Waals surface area contributed by atoms with Gasteiger partial charge in [0.05, 0.1) is 18.2 Å².